The first-order chi connectivity index (χ1) is 10.9. The molecule has 2 aromatic heterocycles. The molecule has 0 aliphatic heterocycles. The van der Waals surface area contributed by atoms with Gasteiger partial charge in [-0.2, -0.15) is 0 Å². The van der Waals surface area contributed by atoms with E-state index in [2.05, 4.69) is 38.2 Å². The Balaban J connectivity index is 1.88. The second-order valence-corrected chi connectivity index (χ2v) is 7.90. The Kier molecular flexibility index (Phi) is 4.21. The maximum Gasteiger partial charge on any atom is 0.263 e. The van der Waals surface area contributed by atoms with Crippen LogP contribution in [0, 0.1) is 0 Å². The van der Waals surface area contributed by atoms with E-state index in [0.717, 1.165) is 10.1 Å². The number of fused-ring (bicyclic) bond motifs is 1. The Bertz CT molecular complexity index is 844. The van der Waals surface area contributed by atoms with Crippen LogP contribution in [-0.4, -0.2) is 5.91 Å². The number of carbonyl (C=O) groups excluding carboxylic acids is 1. The Morgan fingerprint density at radius 3 is 2.74 bits per heavy atom. The third-order valence-electron chi connectivity index (χ3n) is 3.70. The highest BCUT2D eigenvalue weighted by atomic mass is 35.5. The van der Waals surface area contributed by atoms with Crippen LogP contribution in [0.15, 0.2) is 41.0 Å². The molecular weight excluding hydrogens is 330 g/mol. The zero-order chi connectivity index (χ0) is 16.6. The summed E-state index contributed by atoms with van der Waals surface area (Å²) < 4.78 is 6.25. The number of nitrogens with one attached hydrogen (secondary N) is 1. The standard InChI is InChI=1S/C18H18ClNO2S/c1-18(2,3)11-6-7-13-14(9-11)23-16(15(13)19)17(21)20-10-12-5-4-8-22-12/h4-9H,10H2,1-3H3,(H,20,21). The molecule has 1 N–H and O–H groups in total. The summed E-state index contributed by atoms with van der Waals surface area (Å²) >= 11 is 7.83. The van der Waals surface area contributed by atoms with Gasteiger partial charge in [0.15, 0.2) is 0 Å². The summed E-state index contributed by atoms with van der Waals surface area (Å²) in [6.07, 6.45) is 1.59. The summed E-state index contributed by atoms with van der Waals surface area (Å²) in [5, 5.41) is 4.28. The Morgan fingerprint density at radius 2 is 2.09 bits per heavy atom. The van der Waals surface area contributed by atoms with Crippen LogP contribution in [0.2, 0.25) is 5.02 Å². The lowest BCUT2D eigenvalue weighted by molar-refractivity contribution is 0.0952. The van der Waals surface area contributed by atoms with Crippen LogP contribution in [0.4, 0.5) is 0 Å². The predicted octanol–water partition coefficient (Wildman–Crippen LogP) is 5.38. The average molecular weight is 348 g/mol. The molecule has 0 saturated heterocycles. The van der Waals surface area contributed by atoms with Gasteiger partial charge < -0.3 is 9.73 Å². The molecule has 1 aromatic carbocycles. The molecule has 0 unspecified atom stereocenters. The topological polar surface area (TPSA) is 42.2 Å². The zero-order valence-electron chi connectivity index (χ0n) is 13.3. The van der Waals surface area contributed by atoms with Crippen LogP contribution in [0.1, 0.15) is 41.8 Å². The molecule has 3 rings (SSSR count). The molecule has 120 valence electrons. The molecule has 0 aliphatic carbocycles. The first-order valence-corrected chi connectivity index (χ1v) is 8.59. The van der Waals surface area contributed by atoms with E-state index in [0.29, 0.717) is 22.2 Å². The van der Waals surface area contributed by atoms with Gasteiger partial charge in [0.25, 0.3) is 5.91 Å². The molecule has 2 heterocycles. The monoisotopic (exact) mass is 347 g/mol. The molecule has 0 spiro atoms. The van der Waals surface area contributed by atoms with E-state index in [4.69, 9.17) is 16.0 Å². The van der Waals surface area contributed by atoms with Gasteiger partial charge in [-0.1, -0.05) is 44.5 Å². The van der Waals surface area contributed by atoms with Crippen molar-refractivity contribution < 1.29 is 9.21 Å². The van der Waals surface area contributed by atoms with E-state index in [9.17, 15) is 4.79 Å². The molecular formula is C18H18ClNO2S. The number of benzene rings is 1. The second-order valence-electron chi connectivity index (χ2n) is 6.47. The van der Waals surface area contributed by atoms with Crippen LogP contribution in [0.3, 0.4) is 0 Å². The number of amides is 1. The van der Waals surface area contributed by atoms with Crippen LogP contribution in [0.25, 0.3) is 10.1 Å². The zero-order valence-corrected chi connectivity index (χ0v) is 14.8. The quantitative estimate of drug-likeness (QED) is 0.691. The average Bonchev–Trinajstić information content (AvgIpc) is 3.12. The molecule has 0 fully saturated rings. The Labute approximate surface area is 144 Å². The van der Waals surface area contributed by atoms with Crippen molar-refractivity contribution in [2.24, 2.45) is 0 Å². The fourth-order valence-electron chi connectivity index (χ4n) is 2.34. The van der Waals surface area contributed by atoms with Crippen molar-refractivity contribution in [3.63, 3.8) is 0 Å². The van der Waals surface area contributed by atoms with E-state index < -0.39 is 0 Å². The van der Waals surface area contributed by atoms with E-state index >= 15 is 0 Å². The van der Waals surface area contributed by atoms with Gasteiger partial charge in [-0.3, -0.25) is 4.79 Å². The predicted molar refractivity (Wildman–Crippen MR) is 95.4 cm³/mol. The largest absolute Gasteiger partial charge is 0.467 e. The molecule has 0 saturated carbocycles. The van der Waals surface area contributed by atoms with E-state index in [-0.39, 0.29) is 11.3 Å². The number of rotatable bonds is 3. The second kappa shape index (κ2) is 6.02. The lowest BCUT2D eigenvalue weighted by atomic mass is 9.87. The van der Waals surface area contributed by atoms with Crippen molar-refractivity contribution >= 4 is 38.9 Å². The van der Waals surface area contributed by atoms with Gasteiger partial charge in [0.2, 0.25) is 0 Å². The van der Waals surface area contributed by atoms with Crippen molar-refractivity contribution in [3.05, 3.63) is 57.8 Å². The minimum absolute atomic E-state index is 0.0619. The van der Waals surface area contributed by atoms with Crippen molar-refractivity contribution in [1.82, 2.24) is 5.32 Å². The Hall–Kier alpha value is -1.78. The highest BCUT2D eigenvalue weighted by Gasteiger charge is 2.20. The molecule has 0 aliphatic rings. The van der Waals surface area contributed by atoms with Gasteiger partial charge in [-0.05, 0) is 29.2 Å². The number of thiophene rings is 1. The first kappa shape index (κ1) is 16.1. The Morgan fingerprint density at radius 1 is 1.30 bits per heavy atom. The van der Waals surface area contributed by atoms with Crippen molar-refractivity contribution in [3.8, 4) is 0 Å². The van der Waals surface area contributed by atoms with Gasteiger partial charge in [0.05, 0.1) is 17.8 Å². The molecule has 5 heteroatoms. The van der Waals surface area contributed by atoms with Gasteiger partial charge in [-0.15, -0.1) is 11.3 Å². The first-order valence-electron chi connectivity index (χ1n) is 7.39. The number of halogens is 1. The smallest absolute Gasteiger partial charge is 0.263 e. The van der Waals surface area contributed by atoms with Crippen molar-refractivity contribution in [2.45, 2.75) is 32.7 Å². The molecule has 3 aromatic rings. The normalized spacial score (nSPS) is 11.8. The van der Waals surface area contributed by atoms with Gasteiger partial charge >= 0.3 is 0 Å². The molecule has 0 atom stereocenters. The van der Waals surface area contributed by atoms with E-state index in [1.54, 1.807) is 12.3 Å². The number of carbonyl (C=O) groups is 1. The summed E-state index contributed by atoms with van der Waals surface area (Å²) in [4.78, 5) is 12.9. The van der Waals surface area contributed by atoms with Crippen molar-refractivity contribution in [1.29, 1.82) is 0 Å². The van der Waals surface area contributed by atoms with Crippen molar-refractivity contribution in [2.75, 3.05) is 0 Å². The maximum atomic E-state index is 12.4. The maximum absolute atomic E-state index is 12.4. The summed E-state index contributed by atoms with van der Waals surface area (Å²) in [6, 6.07) is 9.81. The van der Waals surface area contributed by atoms with Crippen LogP contribution in [-0.2, 0) is 12.0 Å². The summed E-state index contributed by atoms with van der Waals surface area (Å²) in [7, 11) is 0. The highest BCUT2D eigenvalue weighted by molar-refractivity contribution is 7.21. The van der Waals surface area contributed by atoms with Gasteiger partial charge in [0.1, 0.15) is 10.6 Å². The third-order valence-corrected chi connectivity index (χ3v) is 5.36. The number of hydrogen-bond acceptors (Lipinski definition) is 3. The van der Waals surface area contributed by atoms with Crippen LogP contribution < -0.4 is 5.32 Å². The molecule has 0 radical (unpaired) electrons. The van der Waals surface area contributed by atoms with Crippen LogP contribution in [0.5, 0.6) is 0 Å². The summed E-state index contributed by atoms with van der Waals surface area (Å²) in [6.45, 7) is 6.85. The lowest BCUT2D eigenvalue weighted by Gasteiger charge is -2.18. The summed E-state index contributed by atoms with van der Waals surface area (Å²) in [5.41, 5.74) is 1.29. The fraction of sp³-hybridized carbons (Fsp3) is 0.278. The van der Waals surface area contributed by atoms with Gasteiger partial charge in [-0.25, -0.2) is 0 Å². The minimum Gasteiger partial charge on any atom is -0.467 e. The molecule has 23 heavy (non-hydrogen) atoms. The SMILES string of the molecule is CC(C)(C)c1ccc2c(Cl)c(C(=O)NCc3ccco3)sc2c1. The number of furan rings is 1. The molecule has 3 nitrogen and oxygen atoms in total. The summed E-state index contributed by atoms with van der Waals surface area (Å²) in [5.74, 6) is 0.538. The number of hydrogen-bond donors (Lipinski definition) is 1. The fourth-order valence-corrected chi connectivity index (χ4v) is 3.81. The highest BCUT2D eigenvalue weighted by Crippen LogP contribution is 2.37. The molecule has 1 amide bonds. The lowest BCUT2D eigenvalue weighted by Crippen LogP contribution is -2.21. The van der Waals surface area contributed by atoms with E-state index in [1.807, 2.05) is 12.1 Å². The third kappa shape index (κ3) is 3.28. The van der Waals surface area contributed by atoms with E-state index in [1.165, 1.54) is 16.9 Å². The molecule has 0 bridgehead atoms. The minimum atomic E-state index is -0.176. The van der Waals surface area contributed by atoms with Crippen LogP contribution >= 0.6 is 22.9 Å². The van der Waals surface area contributed by atoms with Gasteiger partial charge in [0, 0.05) is 10.1 Å².